The molecule has 21 heteroatoms. The zero-order valence-electron chi connectivity index (χ0n) is 35.8. The van der Waals surface area contributed by atoms with E-state index in [-0.39, 0.29) is 49.2 Å². The van der Waals surface area contributed by atoms with Gasteiger partial charge in [0.05, 0.1) is 37.3 Å². The van der Waals surface area contributed by atoms with Crippen molar-refractivity contribution in [2.75, 3.05) is 71.3 Å². The molecule has 348 valence electrons. The lowest BCUT2D eigenvalue weighted by atomic mass is 10.1. The number of aliphatic hydroxyl groups is 3. The second-order valence-electron chi connectivity index (χ2n) is 15.5. The van der Waals surface area contributed by atoms with Gasteiger partial charge in [-0.25, -0.2) is 15.0 Å². The number of aliphatic hydroxyl groups excluding tert-OH is 3. The smallest absolute Gasteiger partial charge is 0.222 e. The van der Waals surface area contributed by atoms with Crippen molar-refractivity contribution < 1.29 is 29.5 Å². The fraction of sp³-hybridized carbons (Fsp3) is 0.333. The first kappa shape index (κ1) is 47.8. The number of nitrogens with zero attached hydrogens (tertiary/aromatic N) is 9. The molecule has 0 amide bonds. The van der Waals surface area contributed by atoms with Gasteiger partial charge in [0.1, 0.15) is 17.2 Å². The van der Waals surface area contributed by atoms with E-state index < -0.39 is 0 Å². The van der Waals surface area contributed by atoms with Crippen molar-refractivity contribution in [1.82, 2.24) is 29.9 Å². The van der Waals surface area contributed by atoms with E-state index in [1.54, 1.807) is 85.2 Å². The van der Waals surface area contributed by atoms with E-state index in [1.807, 2.05) is 9.80 Å². The number of β-amino-alcohol motifs (C(OH)–C–C–N with tert-alkyl or cyclic N) is 1. The van der Waals surface area contributed by atoms with Gasteiger partial charge >= 0.3 is 0 Å². The fourth-order valence-electron chi connectivity index (χ4n) is 7.67. The predicted octanol–water partition coefficient (Wildman–Crippen LogP) is 7.40. The third kappa shape index (κ3) is 12.8. The van der Waals surface area contributed by atoms with Crippen LogP contribution in [0.1, 0.15) is 38.5 Å². The molecule has 9 rings (SSSR count). The maximum Gasteiger partial charge on any atom is 0.222 e. The summed E-state index contributed by atoms with van der Waals surface area (Å²) in [5.74, 6) is 5.92. The minimum Gasteiger partial charge on any atom is -0.452 e. The highest BCUT2D eigenvalue weighted by atomic mass is 35.5. The number of nitrogen functional groups attached to an aromatic ring is 3. The van der Waals surface area contributed by atoms with Gasteiger partial charge in [0.2, 0.25) is 17.8 Å². The Hall–Kier alpha value is -6.15. The van der Waals surface area contributed by atoms with Gasteiger partial charge in [-0.3, -0.25) is 0 Å². The van der Waals surface area contributed by atoms with Gasteiger partial charge in [0, 0.05) is 53.9 Å². The maximum atomic E-state index is 9.67. The Morgan fingerprint density at radius 1 is 0.545 bits per heavy atom. The molecule has 6 heterocycles. The Balaban J connectivity index is 0.000000147. The number of anilines is 6. The van der Waals surface area contributed by atoms with E-state index >= 15 is 0 Å². The van der Waals surface area contributed by atoms with Crippen molar-refractivity contribution in [2.45, 2.75) is 56.7 Å². The summed E-state index contributed by atoms with van der Waals surface area (Å²) in [6.45, 7) is 3.10. The van der Waals surface area contributed by atoms with Gasteiger partial charge in [-0.15, -0.1) is 0 Å². The van der Waals surface area contributed by atoms with E-state index in [4.69, 9.17) is 66.2 Å². The highest BCUT2D eigenvalue weighted by Crippen LogP contribution is 2.38. The van der Waals surface area contributed by atoms with Crippen LogP contribution >= 0.6 is 34.8 Å². The summed E-state index contributed by atoms with van der Waals surface area (Å²) in [4.78, 5) is 31.0. The summed E-state index contributed by atoms with van der Waals surface area (Å²) >= 11 is 17.6. The molecule has 3 fully saturated rings. The predicted molar refractivity (Wildman–Crippen MR) is 256 cm³/mol. The molecule has 3 unspecified atom stereocenters. The molecular formula is C45H51Cl3N12O6. The average molecular weight is 962 g/mol. The van der Waals surface area contributed by atoms with Crippen LogP contribution in [0.25, 0.3) is 0 Å². The lowest BCUT2D eigenvalue weighted by Gasteiger charge is -2.26. The quantitative estimate of drug-likeness (QED) is 0.0699. The second kappa shape index (κ2) is 22.8. The summed E-state index contributed by atoms with van der Waals surface area (Å²) in [6, 6.07) is 21.4. The molecule has 3 aliphatic heterocycles. The summed E-state index contributed by atoms with van der Waals surface area (Å²) in [5, 5.41) is 30.3. The van der Waals surface area contributed by atoms with Gasteiger partial charge in [-0.1, -0.05) is 34.8 Å². The van der Waals surface area contributed by atoms with E-state index in [0.29, 0.717) is 92.9 Å². The molecule has 3 aromatic heterocycles. The van der Waals surface area contributed by atoms with Crippen molar-refractivity contribution in [3.05, 3.63) is 106 Å². The topological polar surface area (TPSA) is 254 Å². The Morgan fingerprint density at radius 2 is 0.939 bits per heavy atom. The number of aromatic nitrogens is 6. The van der Waals surface area contributed by atoms with Crippen molar-refractivity contribution in [3.63, 3.8) is 0 Å². The summed E-state index contributed by atoms with van der Waals surface area (Å²) in [5.41, 5.74) is 17.1. The third-order valence-corrected chi connectivity index (χ3v) is 11.6. The summed E-state index contributed by atoms with van der Waals surface area (Å²) in [6.07, 6.45) is 9.70. The first-order valence-electron chi connectivity index (χ1n) is 21.3. The van der Waals surface area contributed by atoms with E-state index in [9.17, 15) is 15.3 Å². The number of nitrogens with two attached hydrogens (primary N) is 3. The standard InChI is InChI=1S/C16H19ClN4O2.C15H17ClN4O2.C14H15ClN4O2/c17-11-3-5-13(6-4-11)23-14-10-19-16(18)20-15(14)21-8-1-2-12(21)7-9-22;16-10-3-5-12(6-4-10)22-13-8-18-15(17)19-14(13)20-7-1-2-11(20)9-21;15-9-1-3-11(4-2-9)21-12-7-17-14(16)18-13(12)19-6-5-10(20)8-19/h3-6,10,12,22H,1-2,7-9H2,(H2,18,19,20);3-6,8,11,21H,1-2,7,9H2,(H2,17,18,19);1-4,7,10,20H,5-6,8H2,(H2,16,17,18). The van der Waals surface area contributed by atoms with Crippen molar-refractivity contribution in [1.29, 1.82) is 0 Å². The zero-order valence-corrected chi connectivity index (χ0v) is 38.1. The Bertz CT molecular complexity index is 2500. The first-order valence-corrected chi connectivity index (χ1v) is 22.5. The minimum absolute atomic E-state index is 0.0295. The van der Waals surface area contributed by atoms with E-state index in [1.165, 1.54) is 6.20 Å². The van der Waals surface area contributed by atoms with Crippen LogP contribution in [0.4, 0.5) is 35.3 Å². The van der Waals surface area contributed by atoms with Crippen LogP contribution in [0.3, 0.4) is 0 Å². The molecule has 3 saturated heterocycles. The largest absolute Gasteiger partial charge is 0.452 e. The Labute approximate surface area is 396 Å². The van der Waals surface area contributed by atoms with Crippen molar-refractivity contribution >= 4 is 70.1 Å². The molecule has 0 saturated carbocycles. The van der Waals surface area contributed by atoms with Crippen LogP contribution in [-0.2, 0) is 0 Å². The number of ether oxygens (including phenoxy) is 3. The number of halogens is 3. The van der Waals surface area contributed by atoms with Crippen LogP contribution < -0.4 is 46.1 Å². The highest BCUT2D eigenvalue weighted by Gasteiger charge is 2.30. The molecule has 3 atom stereocenters. The van der Waals surface area contributed by atoms with Gasteiger partial charge in [-0.05, 0) is 111 Å². The lowest BCUT2D eigenvalue weighted by Crippen LogP contribution is -2.33. The first-order chi connectivity index (χ1) is 32.0. The van der Waals surface area contributed by atoms with E-state index in [2.05, 4.69) is 34.8 Å². The van der Waals surface area contributed by atoms with Crippen LogP contribution in [0, 0.1) is 0 Å². The van der Waals surface area contributed by atoms with Crippen LogP contribution in [0.15, 0.2) is 91.4 Å². The minimum atomic E-state index is -0.357. The monoisotopic (exact) mass is 960 g/mol. The van der Waals surface area contributed by atoms with E-state index in [0.717, 1.165) is 38.8 Å². The number of benzene rings is 3. The molecule has 0 radical (unpaired) electrons. The average Bonchev–Trinajstić information content (AvgIpc) is 4.10. The van der Waals surface area contributed by atoms with Gasteiger partial charge in [0.15, 0.2) is 34.7 Å². The van der Waals surface area contributed by atoms with Crippen LogP contribution in [0.2, 0.25) is 15.1 Å². The molecule has 6 aromatic rings. The lowest BCUT2D eigenvalue weighted by molar-refractivity contribution is 0.198. The van der Waals surface area contributed by atoms with Gasteiger partial charge in [0.25, 0.3) is 0 Å². The van der Waals surface area contributed by atoms with Crippen LogP contribution in [-0.4, -0.2) is 103 Å². The Kier molecular flexibility index (Phi) is 16.5. The molecular weight excluding hydrogens is 911 g/mol. The summed E-state index contributed by atoms with van der Waals surface area (Å²) < 4.78 is 17.6. The zero-order chi connectivity index (χ0) is 46.6. The van der Waals surface area contributed by atoms with Crippen molar-refractivity contribution in [3.8, 4) is 34.5 Å². The maximum absolute atomic E-state index is 9.67. The fourth-order valence-corrected chi connectivity index (χ4v) is 8.05. The van der Waals surface area contributed by atoms with Crippen LogP contribution in [0.5, 0.6) is 34.5 Å². The molecule has 3 aromatic carbocycles. The van der Waals surface area contributed by atoms with Gasteiger partial charge in [-0.2, -0.15) is 15.0 Å². The third-order valence-electron chi connectivity index (χ3n) is 10.8. The van der Waals surface area contributed by atoms with Gasteiger partial charge < -0.3 is 61.4 Å². The molecule has 3 aliphatic rings. The molecule has 0 spiro atoms. The normalized spacial score (nSPS) is 17.7. The van der Waals surface area contributed by atoms with Crippen molar-refractivity contribution in [2.24, 2.45) is 0 Å². The summed E-state index contributed by atoms with van der Waals surface area (Å²) in [7, 11) is 0. The highest BCUT2D eigenvalue weighted by molar-refractivity contribution is 6.31. The number of rotatable bonds is 12. The molecule has 18 nitrogen and oxygen atoms in total. The SMILES string of the molecule is Nc1ncc(Oc2ccc(Cl)cc2)c(N2CCC(O)C2)n1.Nc1ncc(Oc2ccc(Cl)cc2)c(N2CCCC2CCO)n1.Nc1ncc(Oc2ccc(Cl)cc2)c(N2CCCC2CO)n1. The molecule has 66 heavy (non-hydrogen) atoms. The Morgan fingerprint density at radius 3 is 1.33 bits per heavy atom. The molecule has 9 N–H and O–H groups in total. The molecule has 0 bridgehead atoms. The molecule has 0 aliphatic carbocycles. The second-order valence-corrected chi connectivity index (χ2v) is 16.8. The number of hydrogen-bond donors (Lipinski definition) is 6. The number of hydrogen-bond acceptors (Lipinski definition) is 18.